The molecular weight excluding hydrogens is 412 g/mol. The van der Waals surface area contributed by atoms with E-state index in [4.69, 9.17) is 4.42 Å². The number of rotatable bonds is 9. The molecule has 1 aromatic heterocycles. The number of carbonyl (C=O) groups excluding carboxylic acids is 2. The lowest BCUT2D eigenvalue weighted by atomic mass is 10.1. The molecular formula is C23H26N4O3S. The molecule has 31 heavy (non-hydrogen) atoms. The summed E-state index contributed by atoms with van der Waals surface area (Å²) in [6.07, 6.45) is 1.35. The molecule has 0 aliphatic rings. The highest BCUT2D eigenvalue weighted by Crippen LogP contribution is 2.24. The second-order valence-corrected chi connectivity index (χ2v) is 8.43. The Labute approximate surface area is 186 Å². The summed E-state index contributed by atoms with van der Waals surface area (Å²) in [6.45, 7) is 3.75. The van der Waals surface area contributed by atoms with Crippen LogP contribution in [0.25, 0.3) is 0 Å². The van der Waals surface area contributed by atoms with Crippen molar-refractivity contribution in [3.63, 3.8) is 0 Å². The molecule has 0 spiro atoms. The van der Waals surface area contributed by atoms with Crippen LogP contribution >= 0.6 is 11.8 Å². The molecule has 0 saturated heterocycles. The van der Waals surface area contributed by atoms with E-state index in [1.807, 2.05) is 61.5 Å². The van der Waals surface area contributed by atoms with Crippen molar-refractivity contribution in [2.45, 2.75) is 37.2 Å². The Morgan fingerprint density at radius 1 is 1.10 bits per heavy atom. The Morgan fingerprint density at radius 2 is 1.81 bits per heavy atom. The minimum absolute atomic E-state index is 0.0368. The molecule has 1 atom stereocenters. The van der Waals surface area contributed by atoms with Crippen LogP contribution in [0.4, 0.5) is 5.69 Å². The fourth-order valence-corrected chi connectivity index (χ4v) is 3.89. The molecule has 2 amide bonds. The Bertz CT molecular complexity index is 1020. The van der Waals surface area contributed by atoms with Crippen LogP contribution in [0.1, 0.15) is 30.9 Å². The zero-order valence-electron chi connectivity index (χ0n) is 17.9. The van der Waals surface area contributed by atoms with E-state index in [-0.39, 0.29) is 18.4 Å². The largest absolute Gasteiger partial charge is 0.416 e. The molecule has 7 nitrogen and oxygen atoms in total. The van der Waals surface area contributed by atoms with Gasteiger partial charge in [0, 0.05) is 12.7 Å². The van der Waals surface area contributed by atoms with Crippen molar-refractivity contribution < 1.29 is 14.0 Å². The molecule has 2 aromatic carbocycles. The maximum Gasteiger partial charge on any atom is 0.277 e. The molecule has 0 bridgehead atoms. The lowest BCUT2D eigenvalue weighted by Gasteiger charge is -2.20. The van der Waals surface area contributed by atoms with Crippen molar-refractivity contribution in [3.05, 3.63) is 71.6 Å². The number of aromatic nitrogens is 2. The first-order valence-electron chi connectivity index (χ1n) is 10.1. The number of nitrogens with zero attached hydrogens (tertiary/aromatic N) is 3. The number of aryl methyl sites for hydroxylation is 1. The van der Waals surface area contributed by atoms with Crippen LogP contribution in [0.15, 0.2) is 64.2 Å². The summed E-state index contributed by atoms with van der Waals surface area (Å²) in [5.74, 6) is 0.0688. The summed E-state index contributed by atoms with van der Waals surface area (Å²) in [6, 6.07) is 17.5. The predicted molar refractivity (Wildman–Crippen MR) is 121 cm³/mol. The number of thioether (sulfide) groups is 1. The van der Waals surface area contributed by atoms with Gasteiger partial charge in [0.1, 0.15) is 0 Å². The number of hydrogen-bond acceptors (Lipinski definition) is 6. The monoisotopic (exact) mass is 438 g/mol. The molecule has 8 heteroatoms. The van der Waals surface area contributed by atoms with Gasteiger partial charge in [-0.1, -0.05) is 67.2 Å². The fraction of sp³-hybridized carbons (Fsp3) is 0.304. The number of amides is 2. The summed E-state index contributed by atoms with van der Waals surface area (Å²) in [5.41, 5.74) is 2.90. The van der Waals surface area contributed by atoms with E-state index in [0.717, 1.165) is 23.2 Å². The van der Waals surface area contributed by atoms with Gasteiger partial charge in [-0.25, -0.2) is 0 Å². The molecule has 0 aliphatic heterocycles. The van der Waals surface area contributed by atoms with Gasteiger partial charge >= 0.3 is 0 Å². The number of para-hydroxylation sites is 1. The van der Waals surface area contributed by atoms with E-state index in [2.05, 4.69) is 15.5 Å². The van der Waals surface area contributed by atoms with Gasteiger partial charge in [0.15, 0.2) is 0 Å². The molecule has 0 saturated carbocycles. The summed E-state index contributed by atoms with van der Waals surface area (Å²) in [7, 11) is 1.61. The highest BCUT2D eigenvalue weighted by Gasteiger charge is 2.23. The summed E-state index contributed by atoms with van der Waals surface area (Å²) < 4.78 is 5.66. The van der Waals surface area contributed by atoms with Crippen molar-refractivity contribution in [2.75, 3.05) is 18.9 Å². The van der Waals surface area contributed by atoms with Crippen LogP contribution in [-0.2, 0) is 22.4 Å². The van der Waals surface area contributed by atoms with E-state index in [1.54, 1.807) is 14.0 Å². The van der Waals surface area contributed by atoms with Gasteiger partial charge in [-0.05, 0) is 30.5 Å². The lowest BCUT2D eigenvalue weighted by Crippen LogP contribution is -2.39. The fourth-order valence-electron chi connectivity index (χ4n) is 3.07. The molecule has 3 rings (SSSR count). The highest BCUT2D eigenvalue weighted by molar-refractivity contribution is 8.00. The average Bonchev–Trinajstić information content (AvgIpc) is 3.20. The van der Waals surface area contributed by atoms with Crippen LogP contribution in [-0.4, -0.2) is 45.8 Å². The SMILES string of the molecule is CCc1ccccc1NC(=O)CN(C)C(=O)[C@@H](C)Sc1nnc(Cc2ccccc2)o1. The van der Waals surface area contributed by atoms with Crippen molar-refractivity contribution in [2.24, 2.45) is 0 Å². The van der Waals surface area contributed by atoms with Crippen LogP contribution < -0.4 is 5.32 Å². The van der Waals surface area contributed by atoms with Gasteiger partial charge in [-0.15, -0.1) is 10.2 Å². The Morgan fingerprint density at radius 3 is 2.55 bits per heavy atom. The van der Waals surface area contributed by atoms with Crippen LogP contribution in [0.3, 0.4) is 0 Å². The van der Waals surface area contributed by atoms with Crippen molar-refractivity contribution >= 4 is 29.3 Å². The highest BCUT2D eigenvalue weighted by atomic mass is 32.2. The number of carbonyl (C=O) groups is 2. The molecule has 0 unspecified atom stereocenters. The van der Waals surface area contributed by atoms with Crippen LogP contribution in [0.2, 0.25) is 0 Å². The number of likely N-dealkylation sites (N-methyl/N-ethyl adjacent to an activating group) is 1. The molecule has 1 N–H and O–H groups in total. The number of hydrogen-bond donors (Lipinski definition) is 1. The van der Waals surface area contributed by atoms with Crippen molar-refractivity contribution in [3.8, 4) is 0 Å². The quantitative estimate of drug-likeness (QED) is 0.511. The third-order valence-electron chi connectivity index (χ3n) is 4.70. The normalized spacial score (nSPS) is 11.7. The van der Waals surface area contributed by atoms with Crippen LogP contribution in [0.5, 0.6) is 0 Å². The van der Waals surface area contributed by atoms with Gasteiger partial charge < -0.3 is 14.6 Å². The smallest absolute Gasteiger partial charge is 0.277 e. The molecule has 1 heterocycles. The maximum atomic E-state index is 12.7. The molecule has 162 valence electrons. The standard InChI is InChI=1S/C23H26N4O3S/c1-4-18-12-8-9-13-19(18)24-20(28)15-27(3)22(29)16(2)31-23-26-25-21(30-23)14-17-10-6-5-7-11-17/h5-13,16H,4,14-15H2,1-3H3,(H,24,28)/t16-/m1/s1. The average molecular weight is 439 g/mol. The molecule has 0 fully saturated rings. The summed E-state index contributed by atoms with van der Waals surface area (Å²) in [4.78, 5) is 26.5. The minimum Gasteiger partial charge on any atom is -0.416 e. The predicted octanol–water partition coefficient (Wildman–Crippen LogP) is 3.80. The Kier molecular flexibility index (Phi) is 7.83. The number of anilines is 1. The summed E-state index contributed by atoms with van der Waals surface area (Å²) >= 11 is 1.19. The molecule has 3 aromatic rings. The second kappa shape index (κ2) is 10.8. The second-order valence-electron chi connectivity index (χ2n) is 7.14. The Hall–Kier alpha value is -3.13. The molecule has 0 radical (unpaired) electrons. The zero-order valence-corrected chi connectivity index (χ0v) is 18.7. The van der Waals surface area contributed by atoms with Gasteiger partial charge in [-0.2, -0.15) is 0 Å². The van der Waals surface area contributed by atoms with Crippen LogP contribution in [0, 0.1) is 0 Å². The third kappa shape index (κ3) is 6.42. The van der Waals surface area contributed by atoms with E-state index in [1.165, 1.54) is 16.7 Å². The van der Waals surface area contributed by atoms with Crippen molar-refractivity contribution in [1.82, 2.24) is 15.1 Å². The van der Waals surface area contributed by atoms with Gasteiger partial charge in [-0.3, -0.25) is 9.59 Å². The first-order valence-corrected chi connectivity index (χ1v) is 11.0. The zero-order chi connectivity index (χ0) is 22.2. The maximum absolute atomic E-state index is 12.7. The first kappa shape index (κ1) is 22.6. The lowest BCUT2D eigenvalue weighted by molar-refractivity contribution is -0.132. The summed E-state index contributed by atoms with van der Waals surface area (Å²) in [5, 5.41) is 10.8. The molecule has 0 aliphatic carbocycles. The van der Waals surface area contributed by atoms with Gasteiger partial charge in [0.05, 0.1) is 18.2 Å². The van der Waals surface area contributed by atoms with E-state index in [9.17, 15) is 9.59 Å². The number of nitrogens with one attached hydrogen (secondary N) is 1. The van der Waals surface area contributed by atoms with Gasteiger partial charge in [0.25, 0.3) is 5.22 Å². The van der Waals surface area contributed by atoms with E-state index < -0.39 is 5.25 Å². The van der Waals surface area contributed by atoms with Crippen molar-refractivity contribution in [1.29, 1.82) is 0 Å². The minimum atomic E-state index is -0.467. The topological polar surface area (TPSA) is 88.3 Å². The third-order valence-corrected chi connectivity index (χ3v) is 5.62. The van der Waals surface area contributed by atoms with Gasteiger partial charge in [0.2, 0.25) is 17.7 Å². The van der Waals surface area contributed by atoms with E-state index in [0.29, 0.717) is 17.5 Å². The van der Waals surface area contributed by atoms with E-state index >= 15 is 0 Å². The number of benzene rings is 2. The Balaban J connectivity index is 1.51. The first-order chi connectivity index (χ1) is 15.0.